The first-order chi connectivity index (χ1) is 9.72. The monoisotopic (exact) mass is 276 g/mol. The number of hydrogen-bond donors (Lipinski definition) is 1. The first-order valence-corrected chi connectivity index (χ1v) is 7.77. The van der Waals surface area contributed by atoms with Gasteiger partial charge in [0.05, 0.1) is 13.2 Å². The van der Waals surface area contributed by atoms with E-state index in [2.05, 4.69) is 0 Å². The van der Waals surface area contributed by atoms with Crippen molar-refractivity contribution in [3.8, 4) is 11.5 Å². The highest BCUT2D eigenvalue weighted by atomic mass is 16.5. The summed E-state index contributed by atoms with van der Waals surface area (Å²) in [4.78, 5) is 0. The van der Waals surface area contributed by atoms with Gasteiger partial charge >= 0.3 is 0 Å². The molecule has 1 saturated carbocycles. The van der Waals surface area contributed by atoms with E-state index in [1.807, 2.05) is 18.2 Å². The van der Waals surface area contributed by atoms with Crippen LogP contribution in [-0.4, -0.2) is 17.8 Å². The highest BCUT2D eigenvalue weighted by Gasteiger charge is 2.40. The highest BCUT2D eigenvalue weighted by Crippen LogP contribution is 2.45. The zero-order valence-corrected chi connectivity index (χ0v) is 12.2. The van der Waals surface area contributed by atoms with Gasteiger partial charge in [0.2, 0.25) is 0 Å². The van der Waals surface area contributed by atoms with Gasteiger partial charge in [0.25, 0.3) is 0 Å². The summed E-state index contributed by atoms with van der Waals surface area (Å²) in [5.74, 6) is 1.62. The largest absolute Gasteiger partial charge is 0.497 e. The van der Waals surface area contributed by atoms with E-state index in [4.69, 9.17) is 9.47 Å². The number of aliphatic hydroxyl groups excluding tert-OH is 1. The number of rotatable bonds is 1. The fourth-order valence-corrected chi connectivity index (χ4v) is 3.60. The molecule has 1 N–H and O–H groups in total. The summed E-state index contributed by atoms with van der Waals surface area (Å²) < 4.78 is 11.6. The third kappa shape index (κ3) is 2.64. The van der Waals surface area contributed by atoms with Gasteiger partial charge in [0.1, 0.15) is 17.1 Å². The minimum Gasteiger partial charge on any atom is -0.497 e. The Hall–Kier alpha value is -1.22. The SMILES string of the molecule is COc1ccc2c(c1)[C@H](O)CC1(CCCCCCC1)O2. The second kappa shape index (κ2) is 5.65. The molecule has 1 aliphatic carbocycles. The van der Waals surface area contributed by atoms with Crippen LogP contribution < -0.4 is 9.47 Å². The minimum absolute atomic E-state index is 0.151. The van der Waals surface area contributed by atoms with Crippen molar-refractivity contribution < 1.29 is 14.6 Å². The van der Waals surface area contributed by atoms with Crippen LogP contribution in [0.25, 0.3) is 0 Å². The van der Waals surface area contributed by atoms with Crippen LogP contribution in [0.2, 0.25) is 0 Å². The molecule has 20 heavy (non-hydrogen) atoms. The lowest BCUT2D eigenvalue weighted by Gasteiger charge is -2.42. The van der Waals surface area contributed by atoms with E-state index in [-0.39, 0.29) is 5.60 Å². The highest BCUT2D eigenvalue weighted by molar-refractivity contribution is 5.43. The molecule has 1 aromatic carbocycles. The van der Waals surface area contributed by atoms with Gasteiger partial charge in [-0.2, -0.15) is 0 Å². The van der Waals surface area contributed by atoms with E-state index in [1.165, 1.54) is 32.1 Å². The quantitative estimate of drug-likeness (QED) is 0.842. The summed E-state index contributed by atoms with van der Waals surface area (Å²) in [6.45, 7) is 0. The van der Waals surface area contributed by atoms with Gasteiger partial charge in [-0.15, -0.1) is 0 Å². The van der Waals surface area contributed by atoms with Crippen molar-refractivity contribution in [1.29, 1.82) is 0 Å². The smallest absolute Gasteiger partial charge is 0.126 e. The van der Waals surface area contributed by atoms with Crippen molar-refractivity contribution in [2.75, 3.05) is 7.11 Å². The molecule has 1 heterocycles. The molecule has 0 radical (unpaired) electrons. The van der Waals surface area contributed by atoms with E-state index in [0.29, 0.717) is 6.42 Å². The maximum absolute atomic E-state index is 10.5. The number of fused-ring (bicyclic) bond motifs is 1. The fourth-order valence-electron chi connectivity index (χ4n) is 3.60. The molecular formula is C17H24O3. The summed E-state index contributed by atoms with van der Waals surface area (Å²) in [5, 5.41) is 10.5. The maximum atomic E-state index is 10.5. The minimum atomic E-state index is -0.437. The van der Waals surface area contributed by atoms with Gasteiger partial charge in [-0.3, -0.25) is 0 Å². The molecule has 2 aliphatic rings. The molecule has 3 nitrogen and oxygen atoms in total. The Morgan fingerprint density at radius 3 is 2.55 bits per heavy atom. The Labute approximate surface area is 120 Å². The fraction of sp³-hybridized carbons (Fsp3) is 0.647. The zero-order chi connectivity index (χ0) is 14.0. The van der Waals surface area contributed by atoms with Gasteiger partial charge in [-0.05, 0) is 43.9 Å². The second-order valence-electron chi connectivity index (χ2n) is 6.18. The normalized spacial score (nSPS) is 25.2. The van der Waals surface area contributed by atoms with Crippen LogP contribution in [0.1, 0.15) is 63.0 Å². The maximum Gasteiger partial charge on any atom is 0.126 e. The van der Waals surface area contributed by atoms with E-state index in [0.717, 1.165) is 29.9 Å². The van der Waals surface area contributed by atoms with E-state index in [1.54, 1.807) is 7.11 Å². The molecule has 0 saturated heterocycles. The van der Waals surface area contributed by atoms with Gasteiger partial charge < -0.3 is 14.6 Å². The Morgan fingerprint density at radius 1 is 1.15 bits per heavy atom. The predicted molar refractivity (Wildman–Crippen MR) is 78.2 cm³/mol. The Morgan fingerprint density at radius 2 is 1.85 bits per heavy atom. The molecule has 0 aromatic heterocycles. The lowest BCUT2D eigenvalue weighted by atomic mass is 9.79. The van der Waals surface area contributed by atoms with Gasteiger partial charge in [-0.25, -0.2) is 0 Å². The topological polar surface area (TPSA) is 38.7 Å². The van der Waals surface area contributed by atoms with Crippen LogP contribution in [0.5, 0.6) is 11.5 Å². The average molecular weight is 276 g/mol. The molecule has 0 bridgehead atoms. The number of benzene rings is 1. The first kappa shape index (κ1) is 13.7. The van der Waals surface area contributed by atoms with Crippen LogP contribution in [0.15, 0.2) is 18.2 Å². The molecule has 1 fully saturated rings. The standard InChI is InChI=1S/C17H24O3/c1-19-13-7-8-16-14(11-13)15(18)12-17(20-16)9-5-3-2-4-6-10-17/h7-8,11,15,18H,2-6,9-10,12H2,1H3/t15-/m1/s1. The lowest BCUT2D eigenvalue weighted by molar-refractivity contribution is -0.0313. The molecule has 1 aliphatic heterocycles. The molecule has 1 aromatic rings. The predicted octanol–water partition coefficient (Wildman–Crippen LogP) is 3.99. The third-order valence-electron chi connectivity index (χ3n) is 4.73. The van der Waals surface area contributed by atoms with E-state index >= 15 is 0 Å². The zero-order valence-electron chi connectivity index (χ0n) is 12.2. The Bertz CT molecular complexity index is 461. The average Bonchev–Trinajstić information content (AvgIpc) is 2.43. The van der Waals surface area contributed by atoms with Gasteiger partial charge in [0, 0.05) is 12.0 Å². The van der Waals surface area contributed by atoms with Crippen LogP contribution in [-0.2, 0) is 0 Å². The Kier molecular flexibility index (Phi) is 3.88. The first-order valence-electron chi connectivity index (χ1n) is 7.77. The number of methoxy groups -OCH3 is 1. The van der Waals surface area contributed by atoms with Gasteiger partial charge in [-0.1, -0.05) is 19.3 Å². The Balaban J connectivity index is 1.87. The van der Waals surface area contributed by atoms with Crippen LogP contribution in [0.3, 0.4) is 0 Å². The lowest BCUT2D eigenvalue weighted by Crippen LogP contribution is -2.41. The molecule has 1 atom stereocenters. The molecule has 0 unspecified atom stereocenters. The van der Waals surface area contributed by atoms with Crippen molar-refractivity contribution in [3.63, 3.8) is 0 Å². The van der Waals surface area contributed by atoms with Crippen LogP contribution in [0, 0.1) is 0 Å². The van der Waals surface area contributed by atoms with Crippen molar-refractivity contribution >= 4 is 0 Å². The second-order valence-corrected chi connectivity index (χ2v) is 6.18. The van der Waals surface area contributed by atoms with Crippen molar-refractivity contribution in [2.24, 2.45) is 0 Å². The molecule has 3 rings (SSSR count). The summed E-state index contributed by atoms with van der Waals surface area (Å²) in [5.41, 5.74) is 0.721. The third-order valence-corrected chi connectivity index (χ3v) is 4.73. The molecule has 0 amide bonds. The van der Waals surface area contributed by atoms with Crippen molar-refractivity contribution in [3.05, 3.63) is 23.8 Å². The number of ether oxygens (including phenoxy) is 2. The van der Waals surface area contributed by atoms with Gasteiger partial charge in [0.15, 0.2) is 0 Å². The molecular weight excluding hydrogens is 252 g/mol. The number of hydrogen-bond acceptors (Lipinski definition) is 3. The van der Waals surface area contributed by atoms with Crippen LogP contribution in [0.4, 0.5) is 0 Å². The summed E-state index contributed by atoms with van der Waals surface area (Å²) in [6, 6.07) is 5.75. The molecule has 110 valence electrons. The van der Waals surface area contributed by atoms with Crippen LogP contribution >= 0.6 is 0 Å². The van der Waals surface area contributed by atoms with E-state index in [9.17, 15) is 5.11 Å². The van der Waals surface area contributed by atoms with E-state index < -0.39 is 6.10 Å². The summed E-state index contributed by atoms with van der Waals surface area (Å²) >= 11 is 0. The van der Waals surface area contributed by atoms with Crippen molar-refractivity contribution in [1.82, 2.24) is 0 Å². The molecule has 1 spiro atoms. The van der Waals surface area contributed by atoms with Crippen molar-refractivity contribution in [2.45, 2.75) is 63.1 Å². The summed E-state index contributed by atoms with van der Waals surface area (Å²) in [6.07, 6.45) is 8.74. The number of aliphatic hydroxyl groups is 1. The summed E-state index contributed by atoms with van der Waals surface area (Å²) in [7, 11) is 1.65. The molecule has 3 heteroatoms.